The highest BCUT2D eigenvalue weighted by molar-refractivity contribution is 5.00. The van der Waals surface area contributed by atoms with E-state index in [0.717, 1.165) is 5.69 Å². The maximum Gasteiger partial charge on any atom is 0.0766 e. The Morgan fingerprint density at radius 2 is 2.00 bits per heavy atom. The van der Waals surface area contributed by atoms with Gasteiger partial charge >= 0.3 is 0 Å². The summed E-state index contributed by atoms with van der Waals surface area (Å²) in [7, 11) is 0. The summed E-state index contributed by atoms with van der Waals surface area (Å²) in [6, 6.07) is 1.41. The maximum atomic E-state index is 4.34. The van der Waals surface area contributed by atoms with Crippen molar-refractivity contribution in [2.75, 3.05) is 0 Å². The van der Waals surface area contributed by atoms with Crippen LogP contribution in [0.3, 0.4) is 0 Å². The summed E-state index contributed by atoms with van der Waals surface area (Å²) in [4.78, 5) is 8.46. The highest BCUT2D eigenvalue weighted by Crippen LogP contribution is 2.22. The van der Waals surface area contributed by atoms with Crippen LogP contribution in [0.2, 0.25) is 0 Å². The summed E-state index contributed by atoms with van der Waals surface area (Å²) in [5.74, 6) is 0. The van der Waals surface area contributed by atoms with Gasteiger partial charge in [-0.3, -0.25) is 9.97 Å². The standard InChI is InChI=1S/C13H22N4/c1-10-5-4-6-11(2)17(10)16-12(3)13-9-14-7-8-15-13/h7-12,16H,4-6H2,1-3H3. The number of hydrogen-bond donors (Lipinski definition) is 1. The van der Waals surface area contributed by atoms with Crippen LogP contribution >= 0.6 is 0 Å². The highest BCUT2D eigenvalue weighted by Gasteiger charge is 2.26. The van der Waals surface area contributed by atoms with Gasteiger partial charge in [0.2, 0.25) is 0 Å². The molecule has 2 heterocycles. The summed E-state index contributed by atoms with van der Waals surface area (Å²) in [5, 5.41) is 2.38. The monoisotopic (exact) mass is 234 g/mol. The molecule has 2 rings (SSSR count). The van der Waals surface area contributed by atoms with E-state index in [1.807, 2.05) is 6.20 Å². The molecule has 17 heavy (non-hydrogen) atoms. The van der Waals surface area contributed by atoms with Gasteiger partial charge in [-0.25, -0.2) is 10.4 Å². The first kappa shape index (κ1) is 12.5. The zero-order chi connectivity index (χ0) is 12.3. The fraction of sp³-hybridized carbons (Fsp3) is 0.692. The molecule has 4 heteroatoms. The molecule has 0 amide bonds. The minimum atomic E-state index is 0.215. The Morgan fingerprint density at radius 3 is 2.59 bits per heavy atom. The Labute approximate surface area is 103 Å². The van der Waals surface area contributed by atoms with Gasteiger partial charge in [0.05, 0.1) is 17.9 Å². The van der Waals surface area contributed by atoms with Crippen molar-refractivity contribution >= 4 is 0 Å². The predicted molar refractivity (Wildman–Crippen MR) is 68.2 cm³/mol. The van der Waals surface area contributed by atoms with Crippen molar-refractivity contribution in [2.45, 2.75) is 58.2 Å². The van der Waals surface area contributed by atoms with E-state index < -0.39 is 0 Å². The Morgan fingerprint density at radius 1 is 1.29 bits per heavy atom. The molecule has 1 aromatic heterocycles. The van der Waals surface area contributed by atoms with Crippen LogP contribution in [0.15, 0.2) is 18.6 Å². The first-order valence-corrected chi connectivity index (χ1v) is 6.49. The molecule has 1 saturated heterocycles. The van der Waals surface area contributed by atoms with Gasteiger partial charge < -0.3 is 0 Å². The van der Waals surface area contributed by atoms with Gasteiger partial charge in [-0.15, -0.1) is 0 Å². The molecule has 1 fully saturated rings. The summed E-state index contributed by atoms with van der Waals surface area (Å²) in [5.41, 5.74) is 4.56. The molecule has 3 atom stereocenters. The van der Waals surface area contributed by atoms with E-state index in [4.69, 9.17) is 0 Å². The van der Waals surface area contributed by atoms with Crippen molar-refractivity contribution in [1.82, 2.24) is 20.4 Å². The number of rotatable bonds is 3. The van der Waals surface area contributed by atoms with E-state index in [0.29, 0.717) is 12.1 Å². The Balaban J connectivity index is 2.00. The smallest absolute Gasteiger partial charge is 0.0766 e. The zero-order valence-corrected chi connectivity index (χ0v) is 10.9. The van der Waals surface area contributed by atoms with Crippen LogP contribution < -0.4 is 5.43 Å². The van der Waals surface area contributed by atoms with E-state index in [9.17, 15) is 0 Å². The minimum Gasteiger partial charge on any atom is -0.261 e. The number of hydrazine groups is 1. The van der Waals surface area contributed by atoms with Crippen LogP contribution in [0, 0.1) is 0 Å². The highest BCUT2D eigenvalue weighted by atomic mass is 15.5. The molecule has 3 unspecified atom stereocenters. The van der Waals surface area contributed by atoms with Crippen LogP contribution in [-0.4, -0.2) is 27.1 Å². The van der Waals surface area contributed by atoms with E-state index in [2.05, 4.69) is 41.2 Å². The third-order valence-corrected chi connectivity index (χ3v) is 3.56. The lowest BCUT2D eigenvalue weighted by Crippen LogP contribution is -2.52. The van der Waals surface area contributed by atoms with Gasteiger partial charge in [-0.2, -0.15) is 0 Å². The van der Waals surface area contributed by atoms with Gasteiger partial charge in [0.25, 0.3) is 0 Å². The van der Waals surface area contributed by atoms with E-state index in [1.165, 1.54) is 19.3 Å². The summed E-state index contributed by atoms with van der Waals surface area (Å²) < 4.78 is 0. The van der Waals surface area contributed by atoms with Gasteiger partial charge in [-0.05, 0) is 33.6 Å². The third-order valence-electron chi connectivity index (χ3n) is 3.56. The Kier molecular flexibility index (Phi) is 4.07. The second-order valence-corrected chi connectivity index (χ2v) is 5.02. The van der Waals surface area contributed by atoms with E-state index in [1.54, 1.807) is 12.4 Å². The Hall–Kier alpha value is -1.00. The van der Waals surface area contributed by atoms with Crippen LogP contribution in [-0.2, 0) is 0 Å². The molecule has 0 bridgehead atoms. The van der Waals surface area contributed by atoms with E-state index in [-0.39, 0.29) is 6.04 Å². The number of hydrogen-bond acceptors (Lipinski definition) is 4. The van der Waals surface area contributed by atoms with Crippen molar-refractivity contribution in [2.24, 2.45) is 0 Å². The number of aromatic nitrogens is 2. The molecule has 0 saturated carbocycles. The average Bonchev–Trinajstić information content (AvgIpc) is 2.35. The minimum absolute atomic E-state index is 0.215. The van der Waals surface area contributed by atoms with Crippen LogP contribution in [0.25, 0.3) is 0 Å². The molecular formula is C13H22N4. The lowest BCUT2D eigenvalue weighted by Gasteiger charge is -2.40. The van der Waals surface area contributed by atoms with Crippen LogP contribution in [0.1, 0.15) is 51.8 Å². The summed E-state index contributed by atoms with van der Waals surface area (Å²) >= 11 is 0. The molecule has 1 aliphatic heterocycles. The zero-order valence-electron chi connectivity index (χ0n) is 10.9. The molecule has 0 aliphatic carbocycles. The Bertz CT molecular complexity index is 331. The first-order valence-electron chi connectivity index (χ1n) is 6.49. The molecule has 0 aromatic carbocycles. The second-order valence-electron chi connectivity index (χ2n) is 5.02. The van der Waals surface area contributed by atoms with Gasteiger partial charge in [0, 0.05) is 24.5 Å². The van der Waals surface area contributed by atoms with Crippen molar-refractivity contribution in [3.8, 4) is 0 Å². The molecule has 1 N–H and O–H groups in total. The second kappa shape index (κ2) is 5.56. The predicted octanol–water partition coefficient (Wildman–Crippen LogP) is 2.31. The fourth-order valence-corrected chi connectivity index (χ4v) is 2.50. The molecule has 94 valence electrons. The SMILES string of the molecule is CC(NN1C(C)CCCC1C)c1cnccn1. The number of piperidine rings is 1. The number of nitrogens with zero attached hydrogens (tertiary/aromatic N) is 3. The summed E-state index contributed by atoms with van der Waals surface area (Å²) in [6.07, 6.45) is 9.16. The molecule has 4 nitrogen and oxygen atoms in total. The van der Waals surface area contributed by atoms with E-state index >= 15 is 0 Å². The quantitative estimate of drug-likeness (QED) is 0.871. The van der Waals surface area contributed by atoms with Crippen molar-refractivity contribution in [1.29, 1.82) is 0 Å². The van der Waals surface area contributed by atoms with Crippen molar-refractivity contribution in [3.05, 3.63) is 24.3 Å². The molecular weight excluding hydrogens is 212 g/mol. The maximum absolute atomic E-state index is 4.34. The third kappa shape index (κ3) is 3.01. The van der Waals surface area contributed by atoms with Crippen LogP contribution in [0.4, 0.5) is 0 Å². The van der Waals surface area contributed by atoms with Gasteiger partial charge in [0.1, 0.15) is 0 Å². The summed E-state index contributed by atoms with van der Waals surface area (Å²) in [6.45, 7) is 6.70. The topological polar surface area (TPSA) is 41.0 Å². The number of nitrogens with one attached hydrogen (secondary N) is 1. The van der Waals surface area contributed by atoms with Gasteiger partial charge in [-0.1, -0.05) is 6.42 Å². The van der Waals surface area contributed by atoms with Crippen molar-refractivity contribution in [3.63, 3.8) is 0 Å². The normalized spacial score (nSPS) is 27.9. The van der Waals surface area contributed by atoms with Crippen LogP contribution in [0.5, 0.6) is 0 Å². The van der Waals surface area contributed by atoms with Crippen molar-refractivity contribution < 1.29 is 0 Å². The fourth-order valence-electron chi connectivity index (χ4n) is 2.50. The molecule has 1 aliphatic rings. The average molecular weight is 234 g/mol. The molecule has 0 radical (unpaired) electrons. The lowest BCUT2D eigenvalue weighted by molar-refractivity contribution is 0.0313. The van der Waals surface area contributed by atoms with Gasteiger partial charge in [0.15, 0.2) is 0 Å². The molecule has 0 spiro atoms. The first-order chi connectivity index (χ1) is 8.18. The largest absolute Gasteiger partial charge is 0.261 e. The molecule has 1 aromatic rings. The lowest BCUT2D eigenvalue weighted by atomic mass is 9.99.